The third kappa shape index (κ3) is 5.94. The SMILES string of the molecule is CCCCc1[nH]c(=O)c(S(=O)(=O)c2ccc(NC(=O)c3ccc(F)cc3)cc2)c(O)c1-c1c(OC)cccc1OC. The fourth-order valence-electron chi connectivity index (χ4n) is 4.42. The number of anilines is 1. The van der Waals surface area contributed by atoms with Crippen LogP contribution in [0.4, 0.5) is 10.1 Å². The molecular weight excluding hydrogens is 551 g/mol. The number of carbonyl (C=O) groups is 1. The minimum Gasteiger partial charge on any atom is -0.506 e. The number of ether oxygens (including phenoxy) is 2. The monoisotopic (exact) mass is 580 g/mol. The first kappa shape index (κ1) is 29.3. The molecule has 214 valence electrons. The van der Waals surface area contributed by atoms with Gasteiger partial charge < -0.3 is 24.9 Å². The average Bonchev–Trinajstić information content (AvgIpc) is 2.96. The van der Waals surface area contributed by atoms with E-state index in [9.17, 15) is 27.5 Å². The number of unbranched alkanes of at least 4 members (excludes halogenated alkanes) is 1. The van der Waals surface area contributed by atoms with E-state index in [-0.39, 0.29) is 21.7 Å². The summed E-state index contributed by atoms with van der Waals surface area (Å²) in [4.78, 5) is 27.2. The second-order valence-electron chi connectivity index (χ2n) is 9.12. The zero-order valence-corrected chi connectivity index (χ0v) is 23.5. The lowest BCUT2D eigenvalue weighted by Gasteiger charge is -2.19. The van der Waals surface area contributed by atoms with Crippen molar-refractivity contribution in [2.75, 3.05) is 19.5 Å². The number of aromatic nitrogens is 1. The van der Waals surface area contributed by atoms with Crippen molar-refractivity contribution in [3.05, 3.63) is 94.2 Å². The highest BCUT2D eigenvalue weighted by atomic mass is 32.2. The molecule has 4 rings (SSSR count). The highest BCUT2D eigenvalue weighted by molar-refractivity contribution is 7.91. The number of halogens is 1. The number of hydrogen-bond donors (Lipinski definition) is 3. The molecule has 0 radical (unpaired) electrons. The summed E-state index contributed by atoms with van der Waals surface area (Å²) in [6.07, 6.45) is 1.81. The number of aromatic hydroxyl groups is 1. The number of aryl methyl sites for hydroxylation is 1. The maximum Gasteiger partial charge on any atom is 0.271 e. The largest absolute Gasteiger partial charge is 0.506 e. The molecule has 1 heterocycles. The van der Waals surface area contributed by atoms with Gasteiger partial charge in [0.2, 0.25) is 9.84 Å². The van der Waals surface area contributed by atoms with Gasteiger partial charge in [0, 0.05) is 16.9 Å². The van der Waals surface area contributed by atoms with Gasteiger partial charge in [0.25, 0.3) is 11.5 Å². The lowest BCUT2D eigenvalue weighted by molar-refractivity contribution is 0.102. The van der Waals surface area contributed by atoms with E-state index in [1.54, 1.807) is 18.2 Å². The van der Waals surface area contributed by atoms with Crippen LogP contribution in [-0.4, -0.2) is 38.6 Å². The van der Waals surface area contributed by atoms with Crippen molar-refractivity contribution in [1.29, 1.82) is 0 Å². The number of aromatic amines is 1. The molecule has 3 aromatic carbocycles. The Hall–Kier alpha value is -4.64. The molecule has 0 atom stereocenters. The van der Waals surface area contributed by atoms with Crippen LogP contribution in [0.15, 0.2) is 81.3 Å². The number of sulfone groups is 1. The summed E-state index contributed by atoms with van der Waals surface area (Å²) in [5.74, 6) is -1.10. The summed E-state index contributed by atoms with van der Waals surface area (Å²) in [5.41, 5.74) is 0.240. The van der Waals surface area contributed by atoms with Crippen molar-refractivity contribution in [1.82, 2.24) is 4.98 Å². The topological polar surface area (TPSA) is 135 Å². The van der Waals surface area contributed by atoms with Crippen LogP contribution < -0.4 is 20.3 Å². The smallest absolute Gasteiger partial charge is 0.271 e. The summed E-state index contributed by atoms with van der Waals surface area (Å²) in [6.45, 7) is 1.96. The Bertz CT molecular complexity index is 1710. The van der Waals surface area contributed by atoms with Crippen LogP contribution in [-0.2, 0) is 16.3 Å². The number of hydrogen-bond acceptors (Lipinski definition) is 7. The summed E-state index contributed by atoms with van der Waals surface area (Å²) >= 11 is 0. The molecule has 0 spiro atoms. The van der Waals surface area contributed by atoms with Crippen LogP contribution in [0.5, 0.6) is 17.2 Å². The molecule has 0 fully saturated rings. The van der Waals surface area contributed by atoms with E-state index >= 15 is 0 Å². The first-order valence-electron chi connectivity index (χ1n) is 12.7. The Morgan fingerprint density at radius 3 is 2.12 bits per heavy atom. The molecule has 4 aromatic rings. The molecule has 3 N–H and O–H groups in total. The molecule has 1 aromatic heterocycles. The maximum atomic E-state index is 13.7. The van der Waals surface area contributed by atoms with E-state index in [0.717, 1.165) is 18.6 Å². The van der Waals surface area contributed by atoms with Gasteiger partial charge in [-0.1, -0.05) is 19.4 Å². The van der Waals surface area contributed by atoms with Crippen molar-refractivity contribution in [2.45, 2.75) is 36.0 Å². The van der Waals surface area contributed by atoms with Crippen molar-refractivity contribution in [3.8, 4) is 28.4 Å². The fraction of sp³-hybridized carbons (Fsp3) is 0.200. The number of carbonyl (C=O) groups excluding carboxylic acids is 1. The molecule has 0 aliphatic rings. The summed E-state index contributed by atoms with van der Waals surface area (Å²) in [7, 11) is -1.68. The van der Waals surface area contributed by atoms with E-state index in [1.165, 1.54) is 50.6 Å². The molecule has 0 unspecified atom stereocenters. The highest BCUT2D eigenvalue weighted by Gasteiger charge is 2.31. The number of pyridine rings is 1. The van der Waals surface area contributed by atoms with Gasteiger partial charge in [-0.15, -0.1) is 0 Å². The predicted octanol–water partition coefficient (Wildman–Crippen LogP) is 5.33. The lowest BCUT2D eigenvalue weighted by atomic mass is 9.98. The Balaban J connectivity index is 1.80. The zero-order valence-electron chi connectivity index (χ0n) is 22.7. The number of nitrogens with one attached hydrogen (secondary N) is 2. The maximum absolute atomic E-state index is 13.7. The van der Waals surface area contributed by atoms with Crippen LogP contribution in [0, 0.1) is 5.82 Å². The quantitative estimate of drug-likeness (QED) is 0.231. The van der Waals surface area contributed by atoms with E-state index in [2.05, 4.69) is 10.3 Å². The molecule has 0 aliphatic carbocycles. The molecule has 41 heavy (non-hydrogen) atoms. The Morgan fingerprint density at radius 1 is 0.951 bits per heavy atom. The predicted molar refractivity (Wildman–Crippen MR) is 152 cm³/mol. The van der Waals surface area contributed by atoms with Crippen molar-refractivity contribution < 1.29 is 32.2 Å². The van der Waals surface area contributed by atoms with Crippen molar-refractivity contribution in [2.24, 2.45) is 0 Å². The van der Waals surface area contributed by atoms with Crippen LogP contribution >= 0.6 is 0 Å². The first-order chi connectivity index (χ1) is 19.6. The molecule has 0 saturated carbocycles. The van der Waals surface area contributed by atoms with Gasteiger partial charge >= 0.3 is 0 Å². The van der Waals surface area contributed by atoms with Crippen LogP contribution in [0.2, 0.25) is 0 Å². The lowest BCUT2D eigenvalue weighted by Crippen LogP contribution is -2.21. The second kappa shape index (κ2) is 12.3. The zero-order chi connectivity index (χ0) is 29.7. The number of rotatable bonds is 10. The molecule has 11 heteroatoms. The minimum atomic E-state index is -4.54. The number of amides is 1. The van der Waals surface area contributed by atoms with E-state index in [4.69, 9.17) is 9.47 Å². The molecular formula is C30H29FN2O7S. The van der Waals surface area contributed by atoms with Crippen LogP contribution in [0.1, 0.15) is 35.8 Å². The van der Waals surface area contributed by atoms with E-state index < -0.39 is 37.8 Å². The number of benzene rings is 3. The Labute approximate surface area is 236 Å². The highest BCUT2D eigenvalue weighted by Crippen LogP contribution is 2.46. The van der Waals surface area contributed by atoms with Crippen molar-refractivity contribution >= 4 is 21.4 Å². The van der Waals surface area contributed by atoms with Gasteiger partial charge in [0.05, 0.1) is 30.2 Å². The number of methoxy groups -OCH3 is 2. The molecule has 1 amide bonds. The fourth-order valence-corrected chi connectivity index (χ4v) is 5.80. The van der Waals surface area contributed by atoms with Gasteiger partial charge in [-0.2, -0.15) is 0 Å². The Kier molecular flexibility index (Phi) is 8.77. The minimum absolute atomic E-state index is 0.0918. The van der Waals surface area contributed by atoms with Crippen molar-refractivity contribution in [3.63, 3.8) is 0 Å². The normalized spacial score (nSPS) is 11.2. The molecule has 0 saturated heterocycles. The summed E-state index contributed by atoms with van der Waals surface area (Å²) in [6, 6.07) is 15.0. The summed E-state index contributed by atoms with van der Waals surface area (Å²) in [5, 5.41) is 14.1. The molecule has 9 nitrogen and oxygen atoms in total. The van der Waals surface area contributed by atoms with Gasteiger partial charge in [0.15, 0.2) is 4.90 Å². The standard InChI is InChI=1S/C30H29FN2O7S/c1-4-5-7-22-25(26-23(39-2)8-6-9-24(26)40-3)27(34)28(30(36)33-22)41(37,38)21-16-14-20(15-17-21)32-29(35)18-10-12-19(31)13-11-18/h6,8-17H,4-5,7H2,1-3H3,(H,32,35)(H2,33,34,36). The first-order valence-corrected chi connectivity index (χ1v) is 14.2. The van der Waals surface area contributed by atoms with Gasteiger partial charge in [-0.05, 0) is 73.5 Å². The Morgan fingerprint density at radius 2 is 1.56 bits per heavy atom. The van der Waals surface area contributed by atoms with Crippen LogP contribution in [0.25, 0.3) is 11.1 Å². The number of H-pyrrole nitrogens is 1. The van der Waals surface area contributed by atoms with E-state index in [0.29, 0.717) is 35.6 Å². The van der Waals surface area contributed by atoms with Gasteiger partial charge in [-0.25, -0.2) is 12.8 Å². The van der Waals surface area contributed by atoms with Gasteiger partial charge in [0.1, 0.15) is 23.1 Å². The van der Waals surface area contributed by atoms with Crippen LogP contribution in [0.3, 0.4) is 0 Å². The summed E-state index contributed by atoms with van der Waals surface area (Å²) < 4.78 is 51.6. The third-order valence-corrected chi connectivity index (χ3v) is 8.29. The van der Waals surface area contributed by atoms with E-state index in [1.807, 2.05) is 6.92 Å². The second-order valence-corrected chi connectivity index (χ2v) is 11.0. The average molecular weight is 581 g/mol. The third-order valence-electron chi connectivity index (χ3n) is 6.48. The molecule has 0 aliphatic heterocycles. The van der Waals surface area contributed by atoms with Gasteiger partial charge in [-0.3, -0.25) is 9.59 Å². The molecule has 0 bridgehead atoms.